The molecule has 7 nitrogen and oxygen atoms in total. The van der Waals surface area contributed by atoms with E-state index in [1.54, 1.807) is 11.0 Å². The number of nitrogens with zero attached hydrogens (tertiary/aromatic N) is 2. The summed E-state index contributed by atoms with van der Waals surface area (Å²) in [6.07, 6.45) is 5.13. The van der Waals surface area contributed by atoms with E-state index in [1.807, 2.05) is 44.2 Å². The number of hydrogen-bond acceptors (Lipinski definition) is 4. The molecule has 1 fully saturated rings. The van der Waals surface area contributed by atoms with Gasteiger partial charge >= 0.3 is 0 Å². The first-order chi connectivity index (χ1) is 17.8. The average molecular weight is 502 g/mol. The van der Waals surface area contributed by atoms with Crippen molar-refractivity contribution in [3.05, 3.63) is 76.9 Å². The van der Waals surface area contributed by atoms with Crippen LogP contribution in [0.2, 0.25) is 0 Å². The van der Waals surface area contributed by atoms with Crippen LogP contribution in [0.15, 0.2) is 54.6 Å². The highest BCUT2D eigenvalue weighted by atomic mass is 16.3. The zero-order valence-corrected chi connectivity index (χ0v) is 21.5. The Kier molecular flexibility index (Phi) is 7.15. The van der Waals surface area contributed by atoms with E-state index < -0.39 is 18.2 Å². The predicted octanol–water partition coefficient (Wildman–Crippen LogP) is 3.51. The summed E-state index contributed by atoms with van der Waals surface area (Å²) in [6.45, 7) is 4.61. The number of nitrogens with one attached hydrogen (secondary N) is 1. The summed E-state index contributed by atoms with van der Waals surface area (Å²) in [5.41, 5.74) is 5.10. The summed E-state index contributed by atoms with van der Waals surface area (Å²) in [5.74, 6) is -0.894. The van der Waals surface area contributed by atoms with Crippen molar-refractivity contribution >= 4 is 23.3 Å². The van der Waals surface area contributed by atoms with Crippen LogP contribution in [0.3, 0.4) is 0 Å². The van der Waals surface area contributed by atoms with Crippen molar-refractivity contribution in [1.29, 1.82) is 0 Å². The first-order valence-corrected chi connectivity index (χ1v) is 13.3. The van der Waals surface area contributed by atoms with Crippen molar-refractivity contribution in [3.63, 3.8) is 0 Å². The molecule has 2 N–H and O–H groups in total. The Balaban J connectivity index is 1.26. The molecule has 1 saturated heterocycles. The van der Waals surface area contributed by atoms with Crippen LogP contribution in [0.5, 0.6) is 0 Å². The molecule has 5 rings (SSSR count). The lowest BCUT2D eigenvalue weighted by molar-refractivity contribution is -0.143. The first kappa shape index (κ1) is 25.2. The Morgan fingerprint density at radius 2 is 1.86 bits per heavy atom. The molecule has 7 heteroatoms. The molecule has 3 aliphatic rings. The number of β-amino-alcohol motifs (C(OH)–C–C–N with tert-alkyl or cyclic N) is 1. The van der Waals surface area contributed by atoms with Crippen molar-refractivity contribution in [2.75, 3.05) is 6.54 Å². The van der Waals surface area contributed by atoms with Gasteiger partial charge in [-0.25, -0.2) is 0 Å². The van der Waals surface area contributed by atoms with Gasteiger partial charge in [0.05, 0.1) is 6.10 Å². The molecule has 1 aliphatic carbocycles. The van der Waals surface area contributed by atoms with Gasteiger partial charge in [-0.05, 0) is 53.5 Å². The van der Waals surface area contributed by atoms with Gasteiger partial charge in [-0.3, -0.25) is 14.4 Å². The standard InChI is InChI=1S/C30H35N3O4/c1-19(2)27(33-17-23-9-5-6-10-25(23)29(33)36)30(37)32-18-24(34)15-26(32)28(35)31-16-20-11-13-22(14-12-20)21-7-3-4-8-21/h5-7,9-14,19,24,26-27,34H,3-4,8,15-18H2,1-2H3,(H,31,35)/t24-,26+,27?/m1/s1. The Bertz CT molecular complexity index is 1220. The predicted molar refractivity (Wildman–Crippen MR) is 141 cm³/mol. The van der Waals surface area contributed by atoms with Crippen LogP contribution < -0.4 is 5.32 Å². The lowest BCUT2D eigenvalue weighted by Gasteiger charge is -2.35. The molecule has 2 heterocycles. The number of aliphatic hydroxyl groups excluding tert-OH is 1. The first-order valence-electron chi connectivity index (χ1n) is 13.3. The van der Waals surface area contributed by atoms with Gasteiger partial charge in [0.25, 0.3) is 5.91 Å². The van der Waals surface area contributed by atoms with Gasteiger partial charge in [0.15, 0.2) is 0 Å². The van der Waals surface area contributed by atoms with Crippen molar-refractivity contribution in [3.8, 4) is 0 Å². The topological polar surface area (TPSA) is 89.9 Å². The minimum atomic E-state index is -0.780. The van der Waals surface area contributed by atoms with Crippen molar-refractivity contribution in [2.24, 2.45) is 5.92 Å². The molecule has 194 valence electrons. The highest BCUT2D eigenvalue weighted by molar-refractivity contribution is 6.01. The summed E-state index contributed by atoms with van der Waals surface area (Å²) in [6, 6.07) is 14.1. The van der Waals surface area contributed by atoms with E-state index in [0.29, 0.717) is 18.7 Å². The zero-order chi connectivity index (χ0) is 26.1. The van der Waals surface area contributed by atoms with Crippen LogP contribution in [0.4, 0.5) is 0 Å². The fourth-order valence-corrected chi connectivity index (χ4v) is 5.83. The molecule has 0 saturated carbocycles. The molecule has 0 aromatic heterocycles. The van der Waals surface area contributed by atoms with Gasteiger partial charge in [-0.1, -0.05) is 62.4 Å². The molecule has 2 aliphatic heterocycles. The van der Waals surface area contributed by atoms with Gasteiger partial charge in [-0.2, -0.15) is 0 Å². The third-order valence-corrected chi connectivity index (χ3v) is 7.77. The zero-order valence-electron chi connectivity index (χ0n) is 21.5. The third-order valence-electron chi connectivity index (χ3n) is 7.77. The number of carbonyl (C=O) groups is 3. The lowest BCUT2D eigenvalue weighted by atomic mass is 10.00. The molecule has 0 bridgehead atoms. The minimum Gasteiger partial charge on any atom is -0.391 e. The van der Waals surface area contributed by atoms with E-state index in [2.05, 4.69) is 23.5 Å². The van der Waals surface area contributed by atoms with Crippen LogP contribution in [0.25, 0.3) is 5.57 Å². The summed E-state index contributed by atoms with van der Waals surface area (Å²) in [4.78, 5) is 43.2. The molecule has 37 heavy (non-hydrogen) atoms. The largest absolute Gasteiger partial charge is 0.391 e. The van der Waals surface area contributed by atoms with Gasteiger partial charge in [0.1, 0.15) is 12.1 Å². The molecule has 0 radical (unpaired) electrons. The van der Waals surface area contributed by atoms with E-state index in [1.165, 1.54) is 22.5 Å². The third kappa shape index (κ3) is 5.05. The van der Waals surface area contributed by atoms with Gasteiger partial charge in [0.2, 0.25) is 11.8 Å². The fourth-order valence-electron chi connectivity index (χ4n) is 5.83. The van der Waals surface area contributed by atoms with E-state index in [-0.39, 0.29) is 36.6 Å². The van der Waals surface area contributed by atoms with Crippen LogP contribution in [0.1, 0.15) is 66.6 Å². The molecule has 1 unspecified atom stereocenters. The molecule has 2 aromatic rings. The van der Waals surface area contributed by atoms with E-state index in [9.17, 15) is 19.5 Å². The normalized spacial score (nSPS) is 21.8. The van der Waals surface area contributed by atoms with Crippen molar-refractivity contribution in [1.82, 2.24) is 15.1 Å². The second-order valence-electron chi connectivity index (χ2n) is 10.7. The summed E-state index contributed by atoms with van der Waals surface area (Å²) >= 11 is 0. The van der Waals surface area contributed by atoms with Crippen LogP contribution in [-0.4, -0.2) is 57.4 Å². The van der Waals surface area contributed by atoms with Crippen LogP contribution >= 0.6 is 0 Å². The summed E-state index contributed by atoms with van der Waals surface area (Å²) in [7, 11) is 0. The monoisotopic (exact) mass is 501 g/mol. The van der Waals surface area contributed by atoms with Crippen LogP contribution in [0, 0.1) is 5.92 Å². The number of rotatable bonds is 7. The number of amides is 3. The highest BCUT2D eigenvalue weighted by Crippen LogP contribution is 2.30. The molecule has 2 aromatic carbocycles. The van der Waals surface area contributed by atoms with E-state index >= 15 is 0 Å². The van der Waals surface area contributed by atoms with Gasteiger partial charge in [-0.15, -0.1) is 0 Å². The maximum Gasteiger partial charge on any atom is 0.255 e. The summed E-state index contributed by atoms with van der Waals surface area (Å²) < 4.78 is 0. The van der Waals surface area contributed by atoms with E-state index in [4.69, 9.17) is 0 Å². The highest BCUT2D eigenvalue weighted by Gasteiger charge is 2.45. The number of hydrogen-bond donors (Lipinski definition) is 2. The number of benzene rings is 2. The number of allylic oxidation sites excluding steroid dienone is 2. The average Bonchev–Trinajstić information content (AvgIpc) is 3.63. The second kappa shape index (κ2) is 10.5. The molecule has 3 amide bonds. The fraction of sp³-hybridized carbons (Fsp3) is 0.433. The molecule has 3 atom stereocenters. The Hall–Kier alpha value is -3.45. The van der Waals surface area contributed by atoms with Crippen molar-refractivity contribution in [2.45, 2.75) is 70.8 Å². The van der Waals surface area contributed by atoms with Gasteiger partial charge < -0.3 is 20.2 Å². The smallest absolute Gasteiger partial charge is 0.255 e. The number of likely N-dealkylation sites (tertiary alicyclic amines) is 1. The van der Waals surface area contributed by atoms with Crippen LogP contribution in [-0.2, 0) is 22.7 Å². The summed E-state index contributed by atoms with van der Waals surface area (Å²) in [5, 5.41) is 13.4. The molecule has 0 spiro atoms. The van der Waals surface area contributed by atoms with E-state index in [0.717, 1.165) is 24.0 Å². The SMILES string of the molecule is CC(C)C(C(=O)N1C[C@H](O)C[C@H]1C(=O)NCc1ccc(C2=CCCC2)cc1)N1Cc2ccccc2C1=O. The second-order valence-corrected chi connectivity index (χ2v) is 10.7. The Morgan fingerprint density at radius 1 is 1.11 bits per heavy atom. The Morgan fingerprint density at radius 3 is 2.54 bits per heavy atom. The minimum absolute atomic E-state index is 0.0823. The molecular formula is C30H35N3O4. The van der Waals surface area contributed by atoms with Crippen molar-refractivity contribution < 1.29 is 19.5 Å². The maximum absolute atomic E-state index is 13.8. The lowest BCUT2D eigenvalue weighted by Crippen LogP contribution is -2.55. The number of aliphatic hydroxyl groups is 1. The number of carbonyl (C=O) groups excluding carboxylic acids is 3. The molecular weight excluding hydrogens is 466 g/mol. The number of fused-ring (bicyclic) bond motifs is 1. The van der Waals surface area contributed by atoms with Gasteiger partial charge in [0, 0.05) is 31.6 Å². The Labute approximate surface area is 218 Å². The maximum atomic E-state index is 13.8. The quantitative estimate of drug-likeness (QED) is 0.608.